The minimum absolute atomic E-state index is 0.0573. The van der Waals surface area contributed by atoms with Crippen LogP contribution in [-0.4, -0.2) is 34.6 Å². The van der Waals surface area contributed by atoms with Crippen molar-refractivity contribution in [3.8, 4) is 6.07 Å². The lowest BCUT2D eigenvalue weighted by Gasteiger charge is -2.46. The van der Waals surface area contributed by atoms with E-state index in [-0.39, 0.29) is 11.5 Å². The SMILES string of the molecule is N#Cc1ccc(CN2CC3(CC(=O)N(Cc4ccccc4)O3)C2)cc1. The molecule has 5 nitrogen and oxygen atoms in total. The van der Waals surface area contributed by atoms with E-state index in [1.807, 2.05) is 54.6 Å². The number of carbonyl (C=O) groups is 1. The van der Waals surface area contributed by atoms with Crippen LogP contribution < -0.4 is 0 Å². The molecule has 0 unspecified atom stereocenters. The zero-order valence-electron chi connectivity index (χ0n) is 13.9. The van der Waals surface area contributed by atoms with Crippen LogP contribution in [0.4, 0.5) is 0 Å². The van der Waals surface area contributed by atoms with Crippen molar-refractivity contribution in [2.24, 2.45) is 0 Å². The van der Waals surface area contributed by atoms with Crippen LogP contribution in [0.3, 0.4) is 0 Å². The van der Waals surface area contributed by atoms with E-state index in [2.05, 4.69) is 11.0 Å². The summed E-state index contributed by atoms with van der Waals surface area (Å²) in [4.78, 5) is 20.5. The number of amides is 1. The van der Waals surface area contributed by atoms with E-state index in [1.165, 1.54) is 10.6 Å². The lowest BCUT2D eigenvalue weighted by atomic mass is 9.90. The van der Waals surface area contributed by atoms with Crippen LogP contribution in [0.5, 0.6) is 0 Å². The third-order valence-corrected chi connectivity index (χ3v) is 4.74. The molecule has 2 saturated heterocycles. The van der Waals surface area contributed by atoms with Crippen molar-refractivity contribution in [1.29, 1.82) is 5.26 Å². The summed E-state index contributed by atoms with van der Waals surface area (Å²) >= 11 is 0. The van der Waals surface area contributed by atoms with Crippen LogP contribution in [-0.2, 0) is 22.7 Å². The molecule has 0 aliphatic carbocycles. The van der Waals surface area contributed by atoms with Gasteiger partial charge in [0, 0.05) is 19.6 Å². The predicted molar refractivity (Wildman–Crippen MR) is 91.9 cm³/mol. The molecule has 2 aromatic rings. The lowest BCUT2D eigenvalue weighted by Crippen LogP contribution is -2.61. The molecule has 0 atom stereocenters. The highest BCUT2D eigenvalue weighted by atomic mass is 16.7. The van der Waals surface area contributed by atoms with Gasteiger partial charge in [-0.25, -0.2) is 5.06 Å². The summed E-state index contributed by atoms with van der Waals surface area (Å²) in [6.45, 7) is 2.81. The first-order chi connectivity index (χ1) is 12.2. The first kappa shape index (κ1) is 15.8. The highest BCUT2D eigenvalue weighted by molar-refractivity contribution is 5.78. The number of rotatable bonds is 4. The van der Waals surface area contributed by atoms with E-state index in [9.17, 15) is 4.79 Å². The third-order valence-electron chi connectivity index (χ3n) is 4.74. The van der Waals surface area contributed by atoms with Crippen molar-refractivity contribution in [2.45, 2.75) is 25.1 Å². The molecule has 2 fully saturated rings. The van der Waals surface area contributed by atoms with E-state index in [4.69, 9.17) is 10.1 Å². The van der Waals surface area contributed by atoms with E-state index in [0.29, 0.717) is 18.5 Å². The van der Waals surface area contributed by atoms with Crippen molar-refractivity contribution in [1.82, 2.24) is 9.96 Å². The number of nitrogens with zero attached hydrogens (tertiary/aromatic N) is 3. The Hall–Kier alpha value is -2.68. The molecule has 0 saturated carbocycles. The molecule has 1 spiro atoms. The van der Waals surface area contributed by atoms with E-state index >= 15 is 0 Å². The molecule has 0 N–H and O–H groups in total. The highest BCUT2D eigenvalue weighted by Crippen LogP contribution is 2.37. The molecule has 1 amide bonds. The Kier molecular flexibility index (Phi) is 4.00. The Labute approximate surface area is 147 Å². The van der Waals surface area contributed by atoms with Gasteiger partial charge in [-0.3, -0.25) is 14.5 Å². The maximum Gasteiger partial charge on any atom is 0.249 e. The van der Waals surface area contributed by atoms with E-state index < -0.39 is 0 Å². The minimum atomic E-state index is -0.363. The fourth-order valence-electron chi connectivity index (χ4n) is 3.54. The number of nitriles is 1. The summed E-state index contributed by atoms with van der Waals surface area (Å²) in [7, 11) is 0. The van der Waals surface area contributed by atoms with Gasteiger partial charge < -0.3 is 0 Å². The molecule has 5 heteroatoms. The van der Waals surface area contributed by atoms with Gasteiger partial charge in [-0.2, -0.15) is 5.26 Å². The monoisotopic (exact) mass is 333 g/mol. The second-order valence-electron chi connectivity index (χ2n) is 6.82. The quantitative estimate of drug-likeness (QED) is 0.862. The molecule has 0 aromatic heterocycles. The Morgan fingerprint density at radius 3 is 2.36 bits per heavy atom. The van der Waals surface area contributed by atoms with E-state index in [1.54, 1.807) is 0 Å². The molecule has 4 rings (SSSR count). The van der Waals surface area contributed by atoms with Gasteiger partial charge in [-0.1, -0.05) is 42.5 Å². The lowest BCUT2D eigenvalue weighted by molar-refractivity contribution is -0.241. The fraction of sp³-hybridized carbons (Fsp3) is 0.300. The molecular weight excluding hydrogens is 314 g/mol. The Balaban J connectivity index is 1.33. The average Bonchev–Trinajstić information content (AvgIpc) is 2.93. The van der Waals surface area contributed by atoms with Gasteiger partial charge in [-0.15, -0.1) is 0 Å². The Bertz CT molecular complexity index is 805. The molecule has 0 bridgehead atoms. The van der Waals surface area contributed by atoms with Crippen molar-refractivity contribution < 1.29 is 9.63 Å². The Morgan fingerprint density at radius 1 is 1.00 bits per heavy atom. The number of likely N-dealkylation sites (tertiary alicyclic amines) is 1. The van der Waals surface area contributed by atoms with Crippen LogP contribution in [0.15, 0.2) is 54.6 Å². The van der Waals surface area contributed by atoms with E-state index in [0.717, 1.165) is 25.2 Å². The summed E-state index contributed by atoms with van der Waals surface area (Å²) in [6.07, 6.45) is 0.448. The summed E-state index contributed by atoms with van der Waals surface area (Å²) in [5, 5.41) is 10.4. The van der Waals surface area contributed by atoms with Crippen molar-refractivity contribution >= 4 is 5.91 Å². The van der Waals surface area contributed by atoms with Crippen molar-refractivity contribution in [2.75, 3.05) is 13.1 Å². The van der Waals surface area contributed by atoms with Gasteiger partial charge in [0.2, 0.25) is 5.91 Å². The van der Waals surface area contributed by atoms with Crippen molar-refractivity contribution in [3.05, 3.63) is 71.3 Å². The molecule has 2 aliphatic rings. The first-order valence-electron chi connectivity index (χ1n) is 8.41. The second kappa shape index (κ2) is 6.32. The van der Waals surface area contributed by atoms with Crippen LogP contribution in [0.2, 0.25) is 0 Å². The summed E-state index contributed by atoms with van der Waals surface area (Å²) in [5.41, 5.74) is 2.55. The number of hydrogen-bond donors (Lipinski definition) is 0. The first-order valence-corrected chi connectivity index (χ1v) is 8.41. The summed E-state index contributed by atoms with van der Waals surface area (Å²) in [5.74, 6) is 0.0573. The van der Waals surface area contributed by atoms with Crippen LogP contribution in [0.25, 0.3) is 0 Å². The molecular formula is C20H19N3O2. The maximum absolute atomic E-state index is 12.3. The van der Waals surface area contributed by atoms with Gasteiger partial charge in [-0.05, 0) is 23.3 Å². The normalized spacial score (nSPS) is 19.0. The molecule has 2 aromatic carbocycles. The van der Waals surface area contributed by atoms with Gasteiger partial charge in [0.05, 0.1) is 24.6 Å². The molecule has 25 heavy (non-hydrogen) atoms. The summed E-state index contributed by atoms with van der Waals surface area (Å²) in [6, 6.07) is 19.7. The van der Waals surface area contributed by atoms with Crippen LogP contribution in [0.1, 0.15) is 23.1 Å². The fourth-order valence-corrected chi connectivity index (χ4v) is 3.54. The predicted octanol–water partition coefficient (Wildman–Crippen LogP) is 2.48. The molecule has 0 radical (unpaired) electrons. The number of hydrogen-bond acceptors (Lipinski definition) is 4. The average molecular weight is 333 g/mol. The molecule has 2 heterocycles. The summed E-state index contributed by atoms with van der Waals surface area (Å²) < 4.78 is 0. The van der Waals surface area contributed by atoms with Gasteiger partial charge in [0.25, 0.3) is 0 Å². The van der Waals surface area contributed by atoms with Gasteiger partial charge in [0.15, 0.2) is 0 Å². The largest absolute Gasteiger partial charge is 0.293 e. The van der Waals surface area contributed by atoms with Gasteiger partial charge >= 0.3 is 0 Å². The van der Waals surface area contributed by atoms with Crippen LogP contribution in [0, 0.1) is 11.3 Å². The number of benzene rings is 2. The minimum Gasteiger partial charge on any atom is -0.293 e. The Morgan fingerprint density at radius 2 is 1.68 bits per heavy atom. The number of hydroxylamine groups is 2. The zero-order valence-corrected chi connectivity index (χ0v) is 13.9. The standard InChI is InChI=1S/C20H19N3O2/c21-11-16-6-8-18(9-7-16)12-22-14-20(15-22)10-19(24)23(25-20)13-17-4-2-1-3-5-17/h1-9H,10,12-15H2. The second-order valence-corrected chi connectivity index (χ2v) is 6.82. The molecule has 2 aliphatic heterocycles. The zero-order chi connectivity index (χ0) is 17.3. The smallest absolute Gasteiger partial charge is 0.249 e. The van der Waals surface area contributed by atoms with Gasteiger partial charge in [0.1, 0.15) is 5.60 Å². The van der Waals surface area contributed by atoms with Crippen molar-refractivity contribution in [3.63, 3.8) is 0 Å². The number of carbonyl (C=O) groups excluding carboxylic acids is 1. The maximum atomic E-state index is 12.3. The molecule has 126 valence electrons. The third kappa shape index (κ3) is 3.27. The highest BCUT2D eigenvalue weighted by Gasteiger charge is 2.53. The van der Waals surface area contributed by atoms with Crippen LogP contribution >= 0.6 is 0 Å². The topological polar surface area (TPSA) is 56.6 Å².